The molecule has 3 fully saturated rings. The van der Waals surface area contributed by atoms with Crippen LogP contribution in [0, 0.1) is 0 Å². The third kappa shape index (κ3) is 2.94. The van der Waals surface area contributed by atoms with Crippen LogP contribution in [0.15, 0.2) is 16.7 Å². The molecule has 0 aromatic carbocycles. The van der Waals surface area contributed by atoms with Crippen LogP contribution in [-0.4, -0.2) is 30.4 Å². The van der Waals surface area contributed by atoms with Crippen molar-refractivity contribution in [1.29, 1.82) is 0 Å². The fourth-order valence-electron chi connectivity index (χ4n) is 3.86. The van der Waals surface area contributed by atoms with E-state index in [0.717, 1.165) is 37.7 Å². The van der Waals surface area contributed by atoms with Gasteiger partial charge in [0.1, 0.15) is 12.2 Å². The Balaban J connectivity index is 1.45. The van der Waals surface area contributed by atoms with Crippen molar-refractivity contribution in [3.8, 4) is 0 Å². The van der Waals surface area contributed by atoms with Crippen LogP contribution in [0.4, 0.5) is 0 Å². The van der Waals surface area contributed by atoms with Crippen molar-refractivity contribution in [3.05, 3.63) is 23.1 Å². The zero-order valence-electron chi connectivity index (χ0n) is 13.3. The van der Waals surface area contributed by atoms with Gasteiger partial charge in [-0.1, -0.05) is 13.3 Å². The van der Waals surface area contributed by atoms with Crippen LogP contribution < -0.4 is 0 Å². The highest BCUT2D eigenvalue weighted by atomic mass is 35.5. The number of fused-ring (bicyclic) bond motifs is 1. The molecule has 3 aliphatic rings. The maximum absolute atomic E-state index is 6.33. The maximum Gasteiger partial charge on any atom is 0.198 e. The second-order valence-electron chi connectivity index (χ2n) is 6.62. The van der Waals surface area contributed by atoms with Crippen molar-refractivity contribution >= 4 is 11.6 Å². The molecule has 1 aromatic rings. The standard InChI is InChI=1S/C17H23ClO5/c1-2-12-13(20-10-11-6-9-19-15(11)18)14-16(21-12)23-17(22-14)7-4-3-5-8-17/h6,9,12-14,16H,2-5,7-8,10H2,1H3/t12-,13+,14-,16-/m1/s1. The van der Waals surface area contributed by atoms with E-state index in [2.05, 4.69) is 6.92 Å². The van der Waals surface area contributed by atoms with Gasteiger partial charge in [-0.2, -0.15) is 0 Å². The van der Waals surface area contributed by atoms with Crippen molar-refractivity contribution in [1.82, 2.24) is 0 Å². The average molecular weight is 343 g/mol. The van der Waals surface area contributed by atoms with Crippen LogP contribution in [0.3, 0.4) is 0 Å². The van der Waals surface area contributed by atoms with Crippen molar-refractivity contribution in [3.63, 3.8) is 0 Å². The monoisotopic (exact) mass is 342 g/mol. The molecule has 0 N–H and O–H groups in total. The number of hydrogen-bond acceptors (Lipinski definition) is 5. The second-order valence-corrected chi connectivity index (χ2v) is 6.96. The first-order chi connectivity index (χ1) is 11.2. The van der Waals surface area contributed by atoms with Gasteiger partial charge in [-0.25, -0.2) is 0 Å². The smallest absolute Gasteiger partial charge is 0.198 e. The van der Waals surface area contributed by atoms with E-state index in [1.165, 1.54) is 6.42 Å². The first-order valence-electron chi connectivity index (χ1n) is 8.55. The Bertz CT molecular complexity index is 539. The molecule has 1 spiro atoms. The molecule has 3 heterocycles. The lowest BCUT2D eigenvalue weighted by atomic mass is 9.94. The molecule has 0 bridgehead atoms. The minimum Gasteiger partial charge on any atom is -0.453 e. The van der Waals surface area contributed by atoms with E-state index >= 15 is 0 Å². The predicted molar refractivity (Wildman–Crippen MR) is 83.0 cm³/mol. The van der Waals surface area contributed by atoms with Crippen LogP contribution in [0.25, 0.3) is 0 Å². The molecule has 4 atom stereocenters. The quantitative estimate of drug-likeness (QED) is 0.826. The van der Waals surface area contributed by atoms with Gasteiger partial charge in [-0.3, -0.25) is 0 Å². The van der Waals surface area contributed by atoms with E-state index in [4.69, 9.17) is 35.0 Å². The Labute approximate surface area is 141 Å². The number of ether oxygens (including phenoxy) is 4. The van der Waals surface area contributed by atoms with Crippen LogP contribution in [-0.2, 0) is 25.6 Å². The van der Waals surface area contributed by atoms with Gasteiger partial charge in [-0.15, -0.1) is 0 Å². The van der Waals surface area contributed by atoms with Crippen LogP contribution in [0.5, 0.6) is 0 Å². The number of rotatable bonds is 4. The van der Waals surface area contributed by atoms with Crippen molar-refractivity contribution in [2.45, 2.75) is 82.4 Å². The molecular weight excluding hydrogens is 320 g/mol. The predicted octanol–water partition coefficient (Wildman–Crippen LogP) is 4.03. The van der Waals surface area contributed by atoms with Gasteiger partial charge in [0.25, 0.3) is 0 Å². The summed E-state index contributed by atoms with van der Waals surface area (Å²) in [5.41, 5.74) is 0.844. The molecule has 4 rings (SSSR count). The Kier molecular flexibility index (Phi) is 4.41. The first kappa shape index (κ1) is 15.9. The SMILES string of the molecule is CC[C@H]1O[C@@H]2OC3(CCCCC3)O[C@@H]2[C@H]1OCc1ccoc1Cl. The molecule has 0 unspecified atom stereocenters. The molecule has 1 saturated carbocycles. The summed E-state index contributed by atoms with van der Waals surface area (Å²) in [7, 11) is 0. The van der Waals surface area contributed by atoms with E-state index < -0.39 is 5.79 Å². The molecule has 128 valence electrons. The summed E-state index contributed by atoms with van der Waals surface area (Å²) in [5, 5.41) is 0.376. The molecule has 1 aromatic heterocycles. The average Bonchev–Trinajstić information content (AvgIpc) is 3.19. The molecule has 0 amide bonds. The molecular formula is C17H23ClO5. The van der Waals surface area contributed by atoms with Gasteiger partial charge in [0.2, 0.25) is 0 Å². The Hall–Kier alpha value is -0.590. The third-order valence-corrected chi connectivity index (χ3v) is 5.42. The lowest BCUT2D eigenvalue weighted by molar-refractivity contribution is -0.249. The van der Waals surface area contributed by atoms with Crippen LogP contribution >= 0.6 is 11.6 Å². The summed E-state index contributed by atoms with van der Waals surface area (Å²) in [4.78, 5) is 0. The summed E-state index contributed by atoms with van der Waals surface area (Å²) in [6.07, 6.45) is 7.22. The summed E-state index contributed by atoms with van der Waals surface area (Å²) in [5.74, 6) is -0.457. The lowest BCUT2D eigenvalue weighted by Gasteiger charge is -2.34. The zero-order chi connectivity index (χ0) is 15.9. The highest BCUT2D eigenvalue weighted by molar-refractivity contribution is 6.29. The van der Waals surface area contributed by atoms with Gasteiger partial charge in [-0.05, 0) is 36.9 Å². The summed E-state index contributed by atoms with van der Waals surface area (Å²) >= 11 is 5.99. The van der Waals surface area contributed by atoms with Gasteiger partial charge < -0.3 is 23.4 Å². The van der Waals surface area contributed by atoms with Gasteiger partial charge in [0.15, 0.2) is 17.3 Å². The molecule has 0 radical (unpaired) electrons. The normalized spacial score (nSPS) is 35.7. The Morgan fingerprint density at radius 2 is 2.09 bits per heavy atom. The molecule has 2 aliphatic heterocycles. The summed E-state index contributed by atoms with van der Waals surface area (Å²) < 4.78 is 29.8. The van der Waals surface area contributed by atoms with Gasteiger partial charge in [0.05, 0.1) is 19.0 Å². The maximum atomic E-state index is 6.33. The van der Waals surface area contributed by atoms with Gasteiger partial charge >= 0.3 is 0 Å². The highest BCUT2D eigenvalue weighted by Crippen LogP contribution is 2.46. The zero-order valence-corrected chi connectivity index (χ0v) is 14.1. The van der Waals surface area contributed by atoms with E-state index in [0.29, 0.717) is 11.8 Å². The minimum absolute atomic E-state index is 0.0170. The molecule has 5 nitrogen and oxygen atoms in total. The first-order valence-corrected chi connectivity index (χ1v) is 8.93. The number of halogens is 1. The van der Waals surface area contributed by atoms with Crippen molar-refractivity contribution in [2.24, 2.45) is 0 Å². The largest absolute Gasteiger partial charge is 0.453 e. The Morgan fingerprint density at radius 3 is 2.78 bits per heavy atom. The van der Waals surface area contributed by atoms with Crippen LogP contribution in [0.1, 0.15) is 51.0 Å². The van der Waals surface area contributed by atoms with E-state index in [1.54, 1.807) is 6.26 Å². The molecule has 6 heteroatoms. The molecule has 1 aliphatic carbocycles. The topological polar surface area (TPSA) is 50.1 Å². The summed E-state index contributed by atoms with van der Waals surface area (Å²) in [6.45, 7) is 2.47. The van der Waals surface area contributed by atoms with Crippen LogP contribution in [0.2, 0.25) is 5.22 Å². The van der Waals surface area contributed by atoms with E-state index in [9.17, 15) is 0 Å². The van der Waals surface area contributed by atoms with E-state index in [1.807, 2.05) is 6.07 Å². The molecule has 23 heavy (non-hydrogen) atoms. The number of furan rings is 1. The van der Waals surface area contributed by atoms with Crippen molar-refractivity contribution < 1.29 is 23.4 Å². The highest BCUT2D eigenvalue weighted by Gasteiger charge is 2.57. The lowest BCUT2D eigenvalue weighted by Crippen LogP contribution is -2.39. The minimum atomic E-state index is -0.457. The second kappa shape index (κ2) is 6.37. The third-order valence-electron chi connectivity index (χ3n) is 5.09. The fraction of sp³-hybridized carbons (Fsp3) is 0.765. The number of hydrogen-bond donors (Lipinski definition) is 0. The summed E-state index contributed by atoms with van der Waals surface area (Å²) in [6, 6.07) is 1.82. The van der Waals surface area contributed by atoms with E-state index in [-0.39, 0.29) is 24.6 Å². The molecule has 2 saturated heterocycles. The van der Waals surface area contributed by atoms with Gasteiger partial charge in [0, 0.05) is 18.4 Å². The Morgan fingerprint density at radius 1 is 1.26 bits per heavy atom. The fourth-order valence-corrected chi connectivity index (χ4v) is 4.03. The van der Waals surface area contributed by atoms with Crippen molar-refractivity contribution in [2.75, 3.05) is 0 Å².